The van der Waals surface area contributed by atoms with E-state index in [1.165, 1.54) is 12.1 Å². The van der Waals surface area contributed by atoms with Gasteiger partial charge in [-0.05, 0) is 30.7 Å². The highest BCUT2D eigenvalue weighted by Gasteiger charge is 2.05. The summed E-state index contributed by atoms with van der Waals surface area (Å²) in [6, 6.07) is 4.33. The van der Waals surface area contributed by atoms with Gasteiger partial charge < -0.3 is 16.3 Å². The van der Waals surface area contributed by atoms with E-state index in [1.807, 2.05) is 13.1 Å². The van der Waals surface area contributed by atoms with Crippen molar-refractivity contribution in [2.24, 2.45) is 10.9 Å². The summed E-state index contributed by atoms with van der Waals surface area (Å²) in [4.78, 5) is 5.28. The number of oxime groups is 1. The lowest BCUT2D eigenvalue weighted by atomic mass is 10.1. The highest BCUT2D eigenvalue weighted by molar-refractivity contribution is 7.11. The number of thiazole rings is 1. The molecule has 2 aromatic rings. The average Bonchev–Trinajstić information content (AvgIpc) is 2.83. The molecule has 7 heteroatoms. The van der Waals surface area contributed by atoms with Crippen LogP contribution in [0.3, 0.4) is 0 Å². The highest BCUT2D eigenvalue weighted by Crippen LogP contribution is 2.12. The van der Waals surface area contributed by atoms with Crippen molar-refractivity contribution in [3.05, 3.63) is 51.2 Å². The smallest absolute Gasteiger partial charge is 0.170 e. The quantitative estimate of drug-likeness (QED) is 0.341. The molecule has 0 aliphatic rings. The summed E-state index contributed by atoms with van der Waals surface area (Å²) in [5.74, 6) is -0.525. The molecule has 1 aromatic carbocycles. The summed E-state index contributed by atoms with van der Waals surface area (Å²) in [5, 5.41) is 15.7. The van der Waals surface area contributed by atoms with Crippen LogP contribution in [0.25, 0.3) is 0 Å². The number of rotatable bonds is 5. The van der Waals surface area contributed by atoms with Crippen LogP contribution in [0.5, 0.6) is 0 Å². The summed E-state index contributed by atoms with van der Waals surface area (Å²) in [6.07, 6.45) is 1.82. The number of amidine groups is 1. The van der Waals surface area contributed by atoms with Crippen LogP contribution in [0.2, 0.25) is 0 Å². The minimum atomic E-state index is -0.417. The second-order valence-corrected chi connectivity index (χ2v) is 5.60. The van der Waals surface area contributed by atoms with Gasteiger partial charge in [-0.1, -0.05) is 5.16 Å². The first-order valence-corrected chi connectivity index (χ1v) is 6.79. The molecule has 0 aliphatic carbocycles. The van der Waals surface area contributed by atoms with Crippen LogP contribution >= 0.6 is 11.3 Å². The van der Waals surface area contributed by atoms with Crippen LogP contribution < -0.4 is 11.1 Å². The molecule has 0 amide bonds. The summed E-state index contributed by atoms with van der Waals surface area (Å²) in [5.41, 5.74) is 6.55. The largest absolute Gasteiger partial charge is 0.409 e. The fourth-order valence-electron chi connectivity index (χ4n) is 1.78. The van der Waals surface area contributed by atoms with Crippen molar-refractivity contribution in [3.8, 4) is 0 Å². The Morgan fingerprint density at radius 3 is 2.90 bits per heavy atom. The van der Waals surface area contributed by atoms with Crippen LogP contribution in [0, 0.1) is 12.7 Å². The van der Waals surface area contributed by atoms with Gasteiger partial charge in [-0.3, -0.25) is 0 Å². The molecule has 2 rings (SSSR count). The Balaban J connectivity index is 2.00. The number of hydrogen-bond acceptors (Lipinski definition) is 5. The van der Waals surface area contributed by atoms with Gasteiger partial charge in [0.25, 0.3) is 0 Å². The van der Waals surface area contributed by atoms with Crippen molar-refractivity contribution >= 4 is 17.2 Å². The van der Waals surface area contributed by atoms with Crippen molar-refractivity contribution < 1.29 is 9.60 Å². The maximum atomic E-state index is 13.4. The topological polar surface area (TPSA) is 83.5 Å². The number of aryl methyl sites for hydroxylation is 1. The van der Waals surface area contributed by atoms with Gasteiger partial charge in [0.1, 0.15) is 5.82 Å². The molecule has 1 aromatic heterocycles. The van der Waals surface area contributed by atoms with Gasteiger partial charge in [0.05, 0.1) is 5.01 Å². The number of nitrogens with two attached hydrogens (primary N) is 1. The van der Waals surface area contributed by atoms with Gasteiger partial charge in [0.2, 0.25) is 0 Å². The Morgan fingerprint density at radius 2 is 2.25 bits per heavy atom. The zero-order valence-corrected chi connectivity index (χ0v) is 11.7. The number of nitrogens with one attached hydrogen (secondary N) is 1. The van der Waals surface area contributed by atoms with E-state index in [0.717, 1.165) is 15.4 Å². The molecular formula is C13H15FN4OS. The normalized spacial score (nSPS) is 11.8. The standard InChI is InChI=1S/C13H15FN4OS/c1-8-17-7-12(20-8)6-16-5-9-2-10(13(15)18-19)4-11(14)3-9/h2-4,7,16,19H,5-6H2,1H3,(H2,15,18). The third-order valence-corrected chi connectivity index (χ3v) is 3.57. The molecule has 0 fully saturated rings. The lowest BCUT2D eigenvalue weighted by molar-refractivity contribution is 0.318. The third kappa shape index (κ3) is 3.75. The van der Waals surface area contributed by atoms with Crippen molar-refractivity contribution in [2.45, 2.75) is 20.0 Å². The monoisotopic (exact) mass is 294 g/mol. The minimum absolute atomic E-state index is 0.108. The molecule has 0 saturated carbocycles. The molecule has 20 heavy (non-hydrogen) atoms. The van der Waals surface area contributed by atoms with E-state index in [4.69, 9.17) is 10.9 Å². The molecule has 4 N–H and O–H groups in total. The molecule has 1 heterocycles. The SMILES string of the molecule is Cc1ncc(CNCc2cc(F)cc(/C(N)=N/O)c2)s1. The Bertz CT molecular complexity index is 627. The van der Waals surface area contributed by atoms with E-state index in [2.05, 4.69) is 15.5 Å². The summed E-state index contributed by atoms with van der Waals surface area (Å²) >= 11 is 1.62. The van der Waals surface area contributed by atoms with Crippen LogP contribution in [0.4, 0.5) is 4.39 Å². The van der Waals surface area contributed by atoms with Crippen molar-refractivity contribution in [1.29, 1.82) is 0 Å². The molecule has 106 valence electrons. The fraction of sp³-hybridized carbons (Fsp3) is 0.231. The molecule has 0 unspecified atom stereocenters. The predicted octanol–water partition coefficient (Wildman–Crippen LogP) is 1.97. The molecule has 0 atom stereocenters. The Morgan fingerprint density at radius 1 is 1.45 bits per heavy atom. The van der Waals surface area contributed by atoms with Gasteiger partial charge >= 0.3 is 0 Å². The number of halogens is 1. The third-order valence-electron chi connectivity index (χ3n) is 2.66. The van der Waals surface area contributed by atoms with Gasteiger partial charge in [-0.25, -0.2) is 9.37 Å². The Labute approximate surface area is 120 Å². The Hall–Kier alpha value is -1.99. The van der Waals surface area contributed by atoms with Crippen LogP contribution in [0.1, 0.15) is 21.0 Å². The van der Waals surface area contributed by atoms with Crippen molar-refractivity contribution in [3.63, 3.8) is 0 Å². The van der Waals surface area contributed by atoms with E-state index >= 15 is 0 Å². The van der Waals surface area contributed by atoms with Gasteiger partial charge in [-0.15, -0.1) is 11.3 Å². The van der Waals surface area contributed by atoms with Crippen LogP contribution in [-0.2, 0) is 13.1 Å². The molecule has 5 nitrogen and oxygen atoms in total. The van der Waals surface area contributed by atoms with Gasteiger partial charge in [0.15, 0.2) is 5.84 Å². The number of hydrogen-bond donors (Lipinski definition) is 3. The fourth-order valence-corrected chi connectivity index (χ4v) is 2.54. The van der Waals surface area contributed by atoms with Crippen LogP contribution in [-0.4, -0.2) is 16.0 Å². The Kier molecular flexibility index (Phi) is 4.65. The number of benzene rings is 1. The maximum absolute atomic E-state index is 13.4. The molecule has 0 aliphatic heterocycles. The molecule has 0 radical (unpaired) electrons. The zero-order chi connectivity index (χ0) is 14.5. The highest BCUT2D eigenvalue weighted by atomic mass is 32.1. The predicted molar refractivity (Wildman–Crippen MR) is 76.3 cm³/mol. The van der Waals surface area contributed by atoms with Crippen LogP contribution in [0.15, 0.2) is 29.6 Å². The van der Waals surface area contributed by atoms with E-state index in [9.17, 15) is 4.39 Å². The second-order valence-electron chi connectivity index (χ2n) is 4.28. The second kappa shape index (κ2) is 6.44. The van der Waals surface area contributed by atoms with Gasteiger partial charge in [-0.2, -0.15) is 0 Å². The lowest BCUT2D eigenvalue weighted by Gasteiger charge is -2.06. The summed E-state index contributed by atoms with van der Waals surface area (Å²) < 4.78 is 13.4. The van der Waals surface area contributed by atoms with E-state index in [0.29, 0.717) is 18.7 Å². The summed E-state index contributed by atoms with van der Waals surface area (Å²) in [6.45, 7) is 3.10. The average molecular weight is 294 g/mol. The number of nitrogens with zero attached hydrogens (tertiary/aromatic N) is 2. The van der Waals surface area contributed by atoms with Crippen molar-refractivity contribution in [1.82, 2.24) is 10.3 Å². The van der Waals surface area contributed by atoms with Gasteiger partial charge in [0, 0.05) is 29.7 Å². The van der Waals surface area contributed by atoms with E-state index < -0.39 is 5.82 Å². The molecule has 0 saturated heterocycles. The van der Waals surface area contributed by atoms with E-state index in [-0.39, 0.29) is 5.84 Å². The molecule has 0 spiro atoms. The minimum Gasteiger partial charge on any atom is -0.409 e. The number of aromatic nitrogens is 1. The lowest BCUT2D eigenvalue weighted by Crippen LogP contribution is -2.16. The first-order chi connectivity index (χ1) is 9.58. The first kappa shape index (κ1) is 14.4. The van der Waals surface area contributed by atoms with Crippen molar-refractivity contribution in [2.75, 3.05) is 0 Å². The molecular weight excluding hydrogens is 279 g/mol. The van der Waals surface area contributed by atoms with E-state index in [1.54, 1.807) is 17.4 Å². The maximum Gasteiger partial charge on any atom is 0.170 e. The zero-order valence-electron chi connectivity index (χ0n) is 10.9. The first-order valence-electron chi connectivity index (χ1n) is 5.98. The molecule has 0 bridgehead atoms. The summed E-state index contributed by atoms with van der Waals surface area (Å²) in [7, 11) is 0.